The predicted molar refractivity (Wildman–Crippen MR) is 101 cm³/mol. The number of rotatable bonds is 5. The van der Waals surface area contributed by atoms with Gasteiger partial charge in [0.1, 0.15) is 5.92 Å². The van der Waals surface area contributed by atoms with Crippen molar-refractivity contribution in [2.45, 2.75) is 26.8 Å². The van der Waals surface area contributed by atoms with Gasteiger partial charge in [-0.2, -0.15) is 0 Å². The van der Waals surface area contributed by atoms with Crippen molar-refractivity contribution < 1.29 is 24.0 Å². The molecule has 2 rings (SSSR count). The molecule has 1 aliphatic heterocycles. The number of hydrogen-bond donors (Lipinski definition) is 0. The van der Waals surface area contributed by atoms with Crippen LogP contribution >= 0.6 is 12.2 Å². The highest BCUT2D eigenvalue weighted by atomic mass is 32.1. The highest BCUT2D eigenvalue weighted by molar-refractivity contribution is 7.80. The predicted octanol–water partition coefficient (Wildman–Crippen LogP) is 3.03. The first-order chi connectivity index (χ1) is 12.8. The summed E-state index contributed by atoms with van der Waals surface area (Å²) >= 11 is 5.22. The summed E-state index contributed by atoms with van der Waals surface area (Å²) in [5.41, 5.74) is 0.753. The number of esters is 1. The lowest BCUT2D eigenvalue weighted by molar-refractivity contribution is -0.384. The Morgan fingerprint density at radius 1 is 1.22 bits per heavy atom. The van der Waals surface area contributed by atoms with Crippen molar-refractivity contribution in [3.63, 3.8) is 0 Å². The number of hydrogen-bond acceptors (Lipinski definition) is 7. The number of non-ortho nitro benzene ring substituents is 1. The van der Waals surface area contributed by atoms with E-state index in [1.165, 1.54) is 24.3 Å². The number of amides is 1. The van der Waals surface area contributed by atoms with E-state index in [1.807, 2.05) is 0 Å². The first-order valence-corrected chi connectivity index (χ1v) is 8.68. The Hall–Kier alpha value is -2.88. The van der Waals surface area contributed by atoms with E-state index in [0.29, 0.717) is 11.3 Å². The van der Waals surface area contributed by atoms with Gasteiger partial charge in [-0.25, -0.2) is 14.7 Å². The number of nitrogens with zero attached hydrogens (tertiary/aromatic N) is 3. The van der Waals surface area contributed by atoms with Crippen molar-refractivity contribution >= 4 is 40.8 Å². The molecule has 2 unspecified atom stereocenters. The minimum Gasteiger partial charge on any atom is -0.465 e. The topological polar surface area (TPSA) is 111 Å². The Labute approximate surface area is 161 Å². The molecule has 1 amide bonds. The van der Waals surface area contributed by atoms with Crippen molar-refractivity contribution in [2.24, 2.45) is 10.9 Å². The Bertz CT molecular complexity index is 792. The molecule has 0 saturated carbocycles. The van der Waals surface area contributed by atoms with Gasteiger partial charge in [0.2, 0.25) is 5.11 Å². The maximum Gasteiger partial charge on any atom is 0.416 e. The van der Waals surface area contributed by atoms with Gasteiger partial charge in [-0.1, -0.05) is 12.1 Å². The fraction of sp³-hybridized carbons (Fsp3) is 0.412. The highest BCUT2D eigenvalue weighted by Crippen LogP contribution is 2.36. The molecule has 1 aromatic carbocycles. The number of benzene rings is 1. The van der Waals surface area contributed by atoms with Crippen LogP contribution in [-0.4, -0.2) is 45.9 Å². The third-order valence-electron chi connectivity index (χ3n) is 3.97. The van der Waals surface area contributed by atoms with E-state index in [-0.39, 0.29) is 24.0 Å². The normalized spacial score (nSPS) is 19.3. The fourth-order valence-corrected chi connectivity index (χ4v) is 3.15. The van der Waals surface area contributed by atoms with Gasteiger partial charge in [-0.3, -0.25) is 14.9 Å². The molecule has 1 aliphatic rings. The van der Waals surface area contributed by atoms with Crippen LogP contribution in [0, 0.1) is 16.0 Å². The van der Waals surface area contributed by atoms with Crippen LogP contribution in [0.25, 0.3) is 0 Å². The second-order valence-corrected chi connectivity index (χ2v) is 5.99. The Morgan fingerprint density at radius 2 is 1.81 bits per heavy atom. The van der Waals surface area contributed by atoms with Crippen molar-refractivity contribution in [1.82, 2.24) is 4.90 Å². The molecule has 27 heavy (non-hydrogen) atoms. The maximum absolute atomic E-state index is 12.6. The molecule has 0 saturated heterocycles. The number of nitro benzene ring substituents is 1. The smallest absolute Gasteiger partial charge is 0.416 e. The van der Waals surface area contributed by atoms with E-state index in [2.05, 4.69) is 4.99 Å². The van der Waals surface area contributed by atoms with Gasteiger partial charge in [0.15, 0.2) is 0 Å². The summed E-state index contributed by atoms with van der Waals surface area (Å²) in [5, 5.41) is 10.9. The lowest BCUT2D eigenvalue weighted by Crippen LogP contribution is -2.49. The molecule has 0 aliphatic carbocycles. The van der Waals surface area contributed by atoms with Crippen LogP contribution in [0.5, 0.6) is 0 Å². The summed E-state index contributed by atoms with van der Waals surface area (Å²) in [6, 6.07) is 4.66. The van der Waals surface area contributed by atoms with Gasteiger partial charge in [-0.15, -0.1) is 0 Å². The van der Waals surface area contributed by atoms with Crippen LogP contribution in [0.1, 0.15) is 32.4 Å². The van der Waals surface area contributed by atoms with E-state index in [4.69, 9.17) is 21.7 Å². The van der Waals surface area contributed by atoms with Crippen LogP contribution in [0.4, 0.5) is 10.5 Å². The third kappa shape index (κ3) is 4.27. The summed E-state index contributed by atoms with van der Waals surface area (Å²) in [5.74, 6) is -1.48. The molecule has 0 N–H and O–H groups in total. The molecular formula is C17H19N3O6S. The van der Waals surface area contributed by atoms with E-state index in [0.717, 1.165) is 4.90 Å². The van der Waals surface area contributed by atoms with Gasteiger partial charge in [0.25, 0.3) is 5.69 Å². The zero-order valence-electron chi connectivity index (χ0n) is 15.1. The van der Waals surface area contributed by atoms with Gasteiger partial charge in [-0.05, 0) is 38.6 Å². The van der Waals surface area contributed by atoms with Crippen LogP contribution in [-0.2, 0) is 14.3 Å². The summed E-state index contributed by atoms with van der Waals surface area (Å²) in [6.07, 6.45) is -0.753. The monoisotopic (exact) mass is 393 g/mol. The molecule has 0 radical (unpaired) electrons. The number of thiocarbonyl (C=S) groups is 1. The minimum atomic E-state index is -0.914. The van der Waals surface area contributed by atoms with Crippen molar-refractivity contribution in [2.75, 3.05) is 13.2 Å². The average molecular weight is 393 g/mol. The fourth-order valence-electron chi connectivity index (χ4n) is 2.82. The molecule has 0 spiro atoms. The number of carbonyl (C=O) groups excluding carboxylic acids is 2. The van der Waals surface area contributed by atoms with E-state index in [9.17, 15) is 19.7 Å². The third-order valence-corrected chi connectivity index (χ3v) is 4.26. The summed E-state index contributed by atoms with van der Waals surface area (Å²) in [7, 11) is 0. The number of aliphatic imine (C=N–C) groups is 1. The molecule has 2 atom stereocenters. The van der Waals surface area contributed by atoms with Crippen LogP contribution < -0.4 is 0 Å². The molecule has 0 bridgehead atoms. The van der Waals surface area contributed by atoms with Gasteiger partial charge < -0.3 is 9.47 Å². The summed E-state index contributed by atoms with van der Waals surface area (Å²) < 4.78 is 10.2. The zero-order valence-corrected chi connectivity index (χ0v) is 15.9. The molecule has 1 aromatic rings. The standard InChI is InChI=1S/C17H19N3O6S/c1-4-25-15(21)13-10(3)18-16(27)19(17(22)26-5-2)14(13)11-6-8-12(9-7-11)20(23)24/h6-9,13-14H,4-5H2,1-3H3. The summed E-state index contributed by atoms with van der Waals surface area (Å²) in [6.45, 7) is 5.19. The first-order valence-electron chi connectivity index (χ1n) is 8.27. The van der Waals surface area contributed by atoms with Gasteiger partial charge in [0.05, 0.1) is 24.2 Å². The lowest BCUT2D eigenvalue weighted by Gasteiger charge is -2.37. The van der Waals surface area contributed by atoms with E-state index < -0.39 is 28.9 Å². The Kier molecular flexibility index (Phi) is 6.56. The second-order valence-electron chi connectivity index (χ2n) is 5.63. The van der Waals surface area contributed by atoms with Crippen LogP contribution in [0.2, 0.25) is 0 Å². The van der Waals surface area contributed by atoms with Crippen molar-refractivity contribution in [1.29, 1.82) is 0 Å². The van der Waals surface area contributed by atoms with Crippen molar-refractivity contribution in [3.05, 3.63) is 39.9 Å². The number of nitro groups is 1. The maximum atomic E-state index is 12.6. The zero-order chi connectivity index (χ0) is 20.1. The largest absolute Gasteiger partial charge is 0.465 e. The SMILES string of the molecule is CCOC(=O)C1C(C)=NC(=S)N(C(=O)OCC)C1c1ccc([N+](=O)[O-])cc1. The quantitative estimate of drug-likeness (QED) is 0.327. The molecule has 10 heteroatoms. The van der Waals surface area contributed by atoms with E-state index >= 15 is 0 Å². The molecule has 1 heterocycles. The summed E-state index contributed by atoms with van der Waals surface area (Å²) in [4.78, 5) is 40.7. The number of carbonyl (C=O) groups is 2. The Morgan fingerprint density at radius 3 is 2.33 bits per heavy atom. The number of ether oxygens (including phenoxy) is 2. The minimum absolute atomic E-state index is 0.0464. The molecule has 0 fully saturated rings. The average Bonchev–Trinajstić information content (AvgIpc) is 2.61. The lowest BCUT2D eigenvalue weighted by atomic mass is 9.87. The highest BCUT2D eigenvalue weighted by Gasteiger charge is 2.45. The molecular weight excluding hydrogens is 374 g/mol. The van der Waals surface area contributed by atoms with Crippen molar-refractivity contribution in [3.8, 4) is 0 Å². The molecule has 144 valence electrons. The second kappa shape index (κ2) is 8.67. The van der Waals surface area contributed by atoms with Gasteiger partial charge in [0, 0.05) is 17.8 Å². The van der Waals surface area contributed by atoms with E-state index in [1.54, 1.807) is 20.8 Å². The molecule has 9 nitrogen and oxygen atoms in total. The first kappa shape index (κ1) is 20.4. The molecule has 0 aromatic heterocycles. The van der Waals surface area contributed by atoms with Crippen LogP contribution in [0.15, 0.2) is 29.3 Å². The van der Waals surface area contributed by atoms with Gasteiger partial charge >= 0.3 is 12.1 Å². The van der Waals surface area contributed by atoms with Crippen LogP contribution in [0.3, 0.4) is 0 Å². The Balaban J connectivity index is 2.57.